The lowest BCUT2D eigenvalue weighted by Gasteiger charge is -2.16. The summed E-state index contributed by atoms with van der Waals surface area (Å²) in [6.07, 6.45) is 1.87. The van der Waals surface area contributed by atoms with Gasteiger partial charge in [-0.15, -0.1) is 0 Å². The molecule has 3 nitrogen and oxygen atoms in total. The Bertz CT molecular complexity index is 420. The van der Waals surface area contributed by atoms with Gasteiger partial charge in [0.05, 0.1) is 12.4 Å². The molecular formula is C13H17NO2S. The monoisotopic (exact) mass is 251 g/mol. The highest BCUT2D eigenvalue weighted by molar-refractivity contribution is 7.81. The lowest BCUT2D eigenvalue weighted by molar-refractivity contribution is -0.127. The quantitative estimate of drug-likeness (QED) is 0.823. The summed E-state index contributed by atoms with van der Waals surface area (Å²) < 4.78 is 5.46. The lowest BCUT2D eigenvalue weighted by Crippen LogP contribution is -2.29. The Kier molecular flexibility index (Phi) is 3.94. The van der Waals surface area contributed by atoms with Gasteiger partial charge in [-0.1, -0.05) is 12.1 Å². The van der Waals surface area contributed by atoms with Crippen LogP contribution in [0.5, 0.6) is 5.75 Å². The molecule has 0 aromatic heterocycles. The molecule has 0 saturated heterocycles. The van der Waals surface area contributed by atoms with Crippen molar-refractivity contribution in [2.75, 3.05) is 26.0 Å². The second kappa shape index (κ2) is 5.45. The molecule has 4 heteroatoms. The van der Waals surface area contributed by atoms with E-state index in [9.17, 15) is 4.79 Å². The zero-order valence-electron chi connectivity index (χ0n) is 9.98. The Morgan fingerprint density at radius 3 is 3.12 bits per heavy atom. The van der Waals surface area contributed by atoms with Crippen LogP contribution < -0.4 is 4.74 Å². The third-order valence-corrected chi connectivity index (χ3v) is 3.32. The molecule has 0 aliphatic carbocycles. The number of fused-ring (bicyclic) bond motifs is 1. The average molecular weight is 251 g/mol. The van der Waals surface area contributed by atoms with Gasteiger partial charge in [0, 0.05) is 20.0 Å². The highest BCUT2D eigenvalue weighted by atomic mass is 32.1. The summed E-state index contributed by atoms with van der Waals surface area (Å²) in [5.41, 5.74) is 2.54. The van der Waals surface area contributed by atoms with Gasteiger partial charge in [0.1, 0.15) is 5.75 Å². The van der Waals surface area contributed by atoms with E-state index >= 15 is 0 Å². The summed E-state index contributed by atoms with van der Waals surface area (Å²) in [5, 5.41) is 0. The number of hydrogen-bond donors (Lipinski definition) is 1. The van der Waals surface area contributed by atoms with Gasteiger partial charge in [0.25, 0.3) is 0 Å². The fraction of sp³-hybridized carbons (Fsp3) is 0.462. The fourth-order valence-corrected chi connectivity index (χ4v) is 2.18. The van der Waals surface area contributed by atoms with Gasteiger partial charge < -0.3 is 9.64 Å². The summed E-state index contributed by atoms with van der Waals surface area (Å²) in [7, 11) is 1.81. The zero-order chi connectivity index (χ0) is 12.3. The minimum absolute atomic E-state index is 0.0674. The number of carbonyl (C=O) groups excluding carboxylic acids is 1. The van der Waals surface area contributed by atoms with Crippen molar-refractivity contribution in [2.45, 2.75) is 12.8 Å². The third kappa shape index (κ3) is 2.94. The van der Waals surface area contributed by atoms with Crippen molar-refractivity contribution in [3.63, 3.8) is 0 Å². The van der Waals surface area contributed by atoms with Crippen LogP contribution in [0.3, 0.4) is 0 Å². The first-order valence-electron chi connectivity index (χ1n) is 5.80. The summed E-state index contributed by atoms with van der Waals surface area (Å²) in [6, 6.07) is 6.28. The molecule has 0 unspecified atom stereocenters. The second-order valence-electron chi connectivity index (χ2n) is 4.26. The predicted molar refractivity (Wildman–Crippen MR) is 70.8 cm³/mol. The van der Waals surface area contributed by atoms with E-state index in [1.54, 1.807) is 4.90 Å². The first-order valence-corrected chi connectivity index (χ1v) is 6.43. The maximum atomic E-state index is 11.3. The molecule has 92 valence electrons. The van der Waals surface area contributed by atoms with Crippen LogP contribution in [0.25, 0.3) is 0 Å². The van der Waals surface area contributed by atoms with Gasteiger partial charge in [-0.2, -0.15) is 12.6 Å². The van der Waals surface area contributed by atoms with Crippen molar-refractivity contribution in [1.29, 1.82) is 0 Å². The van der Waals surface area contributed by atoms with Crippen LogP contribution in [0, 0.1) is 0 Å². The number of hydrogen-bond acceptors (Lipinski definition) is 3. The molecule has 1 aliphatic heterocycles. The Hall–Kier alpha value is -1.16. The van der Waals surface area contributed by atoms with E-state index in [1.807, 2.05) is 13.1 Å². The van der Waals surface area contributed by atoms with E-state index < -0.39 is 0 Å². The molecule has 1 aromatic carbocycles. The number of thiol groups is 1. The minimum atomic E-state index is 0.0674. The third-order valence-electron chi connectivity index (χ3n) is 3.05. The molecule has 0 radical (unpaired) electrons. The molecular weight excluding hydrogens is 234 g/mol. The minimum Gasteiger partial charge on any atom is -0.493 e. The van der Waals surface area contributed by atoms with Crippen molar-refractivity contribution in [3.8, 4) is 5.75 Å². The first-order chi connectivity index (χ1) is 8.20. The Morgan fingerprint density at radius 1 is 1.53 bits per heavy atom. The Labute approximate surface area is 107 Å². The van der Waals surface area contributed by atoms with Crippen LogP contribution in [-0.4, -0.2) is 36.8 Å². The largest absolute Gasteiger partial charge is 0.493 e. The molecule has 1 aromatic rings. The number of ether oxygens (including phenoxy) is 1. The maximum absolute atomic E-state index is 11.3. The van der Waals surface area contributed by atoms with Gasteiger partial charge >= 0.3 is 0 Å². The predicted octanol–water partition coefficient (Wildman–Crippen LogP) is 1.55. The standard InChI is InChI=1S/C13H17NO2S/c1-14(13(15)9-17)6-4-10-2-3-12-11(8-10)5-7-16-12/h2-3,8,17H,4-7,9H2,1H3. The molecule has 0 bridgehead atoms. The molecule has 0 N–H and O–H groups in total. The van der Waals surface area contributed by atoms with Crippen LogP contribution in [0.4, 0.5) is 0 Å². The van der Waals surface area contributed by atoms with Crippen molar-refractivity contribution >= 4 is 18.5 Å². The van der Waals surface area contributed by atoms with Gasteiger partial charge in [0.2, 0.25) is 5.91 Å². The number of benzene rings is 1. The summed E-state index contributed by atoms with van der Waals surface area (Å²) in [4.78, 5) is 13.1. The highest BCUT2D eigenvalue weighted by Crippen LogP contribution is 2.25. The first kappa shape index (κ1) is 12.3. The van der Waals surface area contributed by atoms with E-state index in [4.69, 9.17) is 4.74 Å². The van der Waals surface area contributed by atoms with Crippen molar-refractivity contribution in [3.05, 3.63) is 29.3 Å². The topological polar surface area (TPSA) is 29.5 Å². The molecule has 0 saturated carbocycles. The second-order valence-corrected chi connectivity index (χ2v) is 4.58. The number of amides is 1. The fourth-order valence-electron chi connectivity index (χ4n) is 1.94. The van der Waals surface area contributed by atoms with Gasteiger partial charge in [-0.3, -0.25) is 4.79 Å². The molecule has 0 fully saturated rings. The number of likely N-dealkylation sites (N-methyl/N-ethyl adjacent to an activating group) is 1. The SMILES string of the molecule is CN(CCc1ccc2c(c1)CCO2)C(=O)CS. The molecule has 0 spiro atoms. The van der Waals surface area contributed by atoms with E-state index in [0.29, 0.717) is 0 Å². The smallest absolute Gasteiger partial charge is 0.232 e. The summed E-state index contributed by atoms with van der Waals surface area (Å²) in [5.74, 6) is 1.35. The molecule has 1 aliphatic rings. The number of carbonyl (C=O) groups is 1. The van der Waals surface area contributed by atoms with Crippen molar-refractivity contribution < 1.29 is 9.53 Å². The Morgan fingerprint density at radius 2 is 2.35 bits per heavy atom. The lowest BCUT2D eigenvalue weighted by atomic mass is 10.1. The average Bonchev–Trinajstić information content (AvgIpc) is 2.82. The Balaban J connectivity index is 1.93. The van der Waals surface area contributed by atoms with Gasteiger partial charge in [0.15, 0.2) is 0 Å². The zero-order valence-corrected chi connectivity index (χ0v) is 10.9. The molecule has 2 rings (SSSR count). The van der Waals surface area contributed by atoms with Crippen molar-refractivity contribution in [1.82, 2.24) is 4.90 Å². The number of nitrogens with zero attached hydrogens (tertiary/aromatic N) is 1. The van der Waals surface area contributed by atoms with Crippen molar-refractivity contribution in [2.24, 2.45) is 0 Å². The molecule has 1 amide bonds. The van der Waals surface area contributed by atoms with Gasteiger partial charge in [-0.25, -0.2) is 0 Å². The van der Waals surface area contributed by atoms with Crippen LogP contribution in [0.2, 0.25) is 0 Å². The van der Waals surface area contributed by atoms with Crippen LogP contribution >= 0.6 is 12.6 Å². The molecule has 17 heavy (non-hydrogen) atoms. The molecule has 0 atom stereocenters. The number of rotatable bonds is 4. The van der Waals surface area contributed by atoms with Crippen LogP contribution in [0.1, 0.15) is 11.1 Å². The normalized spacial score (nSPS) is 13.1. The van der Waals surface area contributed by atoms with Crippen LogP contribution in [0.15, 0.2) is 18.2 Å². The van der Waals surface area contributed by atoms with E-state index in [0.717, 1.165) is 31.7 Å². The molecule has 1 heterocycles. The van der Waals surface area contributed by atoms with Gasteiger partial charge in [-0.05, 0) is 23.6 Å². The van der Waals surface area contributed by atoms with E-state index in [1.165, 1.54) is 11.1 Å². The summed E-state index contributed by atoms with van der Waals surface area (Å²) >= 11 is 3.98. The van der Waals surface area contributed by atoms with E-state index in [2.05, 4.69) is 24.8 Å². The summed E-state index contributed by atoms with van der Waals surface area (Å²) in [6.45, 7) is 1.52. The van der Waals surface area contributed by atoms with Crippen LogP contribution in [-0.2, 0) is 17.6 Å². The maximum Gasteiger partial charge on any atom is 0.232 e. The van der Waals surface area contributed by atoms with E-state index in [-0.39, 0.29) is 11.7 Å². The highest BCUT2D eigenvalue weighted by Gasteiger charge is 2.12.